The fraction of sp³-hybridized carbons (Fsp3) is 0.348. The number of nitrogens with one attached hydrogen (secondary N) is 1. The molecule has 2 aromatic carbocycles. The van der Waals surface area contributed by atoms with Crippen LogP contribution < -0.4 is 14.8 Å². The van der Waals surface area contributed by atoms with Crippen LogP contribution in [0.3, 0.4) is 0 Å². The molecule has 32 heavy (non-hydrogen) atoms. The Morgan fingerprint density at radius 1 is 1.09 bits per heavy atom. The van der Waals surface area contributed by atoms with Crippen LogP contribution in [-0.2, 0) is 29.1 Å². The van der Waals surface area contributed by atoms with Gasteiger partial charge in [0.05, 0.1) is 27.2 Å². The highest BCUT2D eigenvalue weighted by molar-refractivity contribution is 6.30. The van der Waals surface area contributed by atoms with Gasteiger partial charge >= 0.3 is 6.03 Å². The van der Waals surface area contributed by atoms with Gasteiger partial charge in [-0.15, -0.1) is 0 Å². The van der Waals surface area contributed by atoms with Crippen molar-refractivity contribution in [2.75, 3.05) is 20.8 Å². The van der Waals surface area contributed by atoms with Gasteiger partial charge in [0.1, 0.15) is 6.04 Å². The molecule has 0 spiro atoms. The third kappa shape index (κ3) is 4.36. The van der Waals surface area contributed by atoms with Gasteiger partial charge in [0.2, 0.25) is 5.91 Å². The standard InChI is InChI=1S/C23H24ClN3O5/c1-31-19-9-15-7-8-26(13-16(15)10-20(19)32-2)21(28)11-18-22(29)27(23(30)25-18)12-14-3-5-17(24)6-4-14/h3-6,9-10,18H,7-8,11-13H2,1-2H3,(H,25,30)/t18-/m1/s1. The molecule has 1 saturated heterocycles. The maximum Gasteiger partial charge on any atom is 0.325 e. The fourth-order valence-electron chi connectivity index (χ4n) is 4.04. The van der Waals surface area contributed by atoms with Crippen molar-refractivity contribution in [2.24, 2.45) is 0 Å². The van der Waals surface area contributed by atoms with Crippen molar-refractivity contribution in [2.45, 2.75) is 32.0 Å². The quantitative estimate of drug-likeness (QED) is 0.674. The molecule has 4 rings (SSSR count). The average Bonchev–Trinajstić information content (AvgIpc) is 3.06. The summed E-state index contributed by atoms with van der Waals surface area (Å²) in [6, 6.07) is 9.38. The number of carbonyl (C=O) groups is 3. The van der Waals surface area contributed by atoms with E-state index in [0.29, 0.717) is 36.0 Å². The van der Waals surface area contributed by atoms with E-state index >= 15 is 0 Å². The zero-order valence-corrected chi connectivity index (χ0v) is 18.6. The third-order valence-electron chi connectivity index (χ3n) is 5.81. The molecule has 0 radical (unpaired) electrons. The lowest BCUT2D eigenvalue weighted by Crippen LogP contribution is -2.41. The van der Waals surface area contributed by atoms with Crippen molar-refractivity contribution in [1.29, 1.82) is 0 Å². The lowest BCUT2D eigenvalue weighted by molar-refractivity contribution is -0.136. The number of rotatable bonds is 6. The van der Waals surface area contributed by atoms with Gasteiger partial charge in [0.15, 0.2) is 11.5 Å². The summed E-state index contributed by atoms with van der Waals surface area (Å²) >= 11 is 5.89. The van der Waals surface area contributed by atoms with Crippen LogP contribution in [0.5, 0.6) is 11.5 Å². The number of carbonyl (C=O) groups excluding carboxylic acids is 3. The molecule has 2 aliphatic heterocycles. The number of fused-ring (bicyclic) bond motifs is 1. The average molecular weight is 458 g/mol. The van der Waals surface area contributed by atoms with Gasteiger partial charge in [-0.3, -0.25) is 14.5 Å². The van der Waals surface area contributed by atoms with Crippen molar-refractivity contribution in [3.05, 3.63) is 58.1 Å². The molecular weight excluding hydrogens is 434 g/mol. The van der Waals surface area contributed by atoms with Gasteiger partial charge in [-0.25, -0.2) is 4.79 Å². The second kappa shape index (κ2) is 9.08. The molecule has 4 amide bonds. The first-order valence-electron chi connectivity index (χ1n) is 10.3. The highest BCUT2D eigenvalue weighted by Crippen LogP contribution is 2.33. The van der Waals surface area contributed by atoms with Gasteiger partial charge in [0, 0.05) is 18.1 Å². The Morgan fingerprint density at radius 2 is 1.75 bits per heavy atom. The summed E-state index contributed by atoms with van der Waals surface area (Å²) in [7, 11) is 3.16. The molecule has 2 aromatic rings. The molecule has 1 fully saturated rings. The van der Waals surface area contributed by atoms with E-state index in [-0.39, 0.29) is 18.9 Å². The number of halogens is 1. The van der Waals surface area contributed by atoms with Crippen LogP contribution in [0.1, 0.15) is 23.1 Å². The third-order valence-corrected chi connectivity index (χ3v) is 6.06. The maximum atomic E-state index is 12.9. The molecule has 8 nitrogen and oxygen atoms in total. The van der Waals surface area contributed by atoms with E-state index in [9.17, 15) is 14.4 Å². The van der Waals surface area contributed by atoms with E-state index in [2.05, 4.69) is 5.32 Å². The molecule has 1 atom stereocenters. The van der Waals surface area contributed by atoms with Crippen LogP contribution in [0.2, 0.25) is 5.02 Å². The summed E-state index contributed by atoms with van der Waals surface area (Å²) in [6.45, 7) is 1.08. The molecule has 0 aromatic heterocycles. The largest absolute Gasteiger partial charge is 0.493 e. The van der Waals surface area contributed by atoms with Crippen LogP contribution in [0, 0.1) is 0 Å². The maximum absolute atomic E-state index is 12.9. The minimum atomic E-state index is -0.867. The molecule has 2 heterocycles. The van der Waals surface area contributed by atoms with Crippen molar-refractivity contribution in [3.63, 3.8) is 0 Å². The number of hydrogen-bond acceptors (Lipinski definition) is 5. The van der Waals surface area contributed by atoms with Crippen LogP contribution in [-0.4, -0.2) is 54.5 Å². The number of urea groups is 1. The summed E-state index contributed by atoms with van der Waals surface area (Å²) in [5, 5.41) is 3.21. The molecule has 0 saturated carbocycles. The van der Waals surface area contributed by atoms with E-state index in [1.165, 1.54) is 0 Å². The normalized spacial score (nSPS) is 17.8. The first-order chi connectivity index (χ1) is 15.4. The highest BCUT2D eigenvalue weighted by atomic mass is 35.5. The summed E-state index contributed by atoms with van der Waals surface area (Å²) in [6.07, 6.45) is 0.597. The van der Waals surface area contributed by atoms with Gasteiger partial charge < -0.3 is 19.7 Å². The van der Waals surface area contributed by atoms with Crippen molar-refractivity contribution < 1.29 is 23.9 Å². The summed E-state index contributed by atoms with van der Waals surface area (Å²) in [5.41, 5.74) is 2.86. The molecule has 9 heteroatoms. The Kier molecular flexibility index (Phi) is 6.23. The van der Waals surface area contributed by atoms with Crippen LogP contribution >= 0.6 is 11.6 Å². The van der Waals surface area contributed by atoms with Crippen LogP contribution in [0.15, 0.2) is 36.4 Å². The van der Waals surface area contributed by atoms with Gasteiger partial charge in [-0.05, 0) is 47.4 Å². The Labute approximate surface area is 191 Å². The number of ether oxygens (including phenoxy) is 2. The van der Waals surface area contributed by atoms with Crippen molar-refractivity contribution in [1.82, 2.24) is 15.1 Å². The number of benzene rings is 2. The van der Waals surface area contributed by atoms with E-state index in [0.717, 1.165) is 21.6 Å². The van der Waals surface area contributed by atoms with E-state index in [1.54, 1.807) is 43.4 Å². The smallest absolute Gasteiger partial charge is 0.325 e. The Morgan fingerprint density at radius 3 is 2.41 bits per heavy atom. The Bertz CT molecular complexity index is 1060. The first-order valence-corrected chi connectivity index (χ1v) is 10.6. The SMILES string of the molecule is COc1cc2c(cc1OC)CN(C(=O)C[C@H]1NC(=O)N(Cc3ccc(Cl)cc3)C1=O)CC2. The first kappa shape index (κ1) is 22.0. The molecular formula is C23H24ClN3O5. The molecule has 0 unspecified atom stereocenters. The monoisotopic (exact) mass is 457 g/mol. The highest BCUT2D eigenvalue weighted by Gasteiger charge is 2.40. The van der Waals surface area contributed by atoms with Crippen LogP contribution in [0.25, 0.3) is 0 Å². The zero-order valence-electron chi connectivity index (χ0n) is 17.9. The molecule has 0 aliphatic carbocycles. The number of amides is 4. The number of nitrogens with zero attached hydrogens (tertiary/aromatic N) is 2. The summed E-state index contributed by atoms with van der Waals surface area (Å²) in [5.74, 6) is 0.683. The lowest BCUT2D eigenvalue weighted by atomic mass is 9.98. The summed E-state index contributed by atoms with van der Waals surface area (Å²) in [4.78, 5) is 40.9. The minimum Gasteiger partial charge on any atom is -0.493 e. The van der Waals surface area contributed by atoms with E-state index in [1.807, 2.05) is 12.1 Å². The predicted octanol–water partition coefficient (Wildman–Crippen LogP) is 2.75. The molecule has 0 bridgehead atoms. The van der Waals surface area contributed by atoms with Gasteiger partial charge in [-0.1, -0.05) is 23.7 Å². The van der Waals surface area contributed by atoms with Crippen LogP contribution in [0.4, 0.5) is 4.79 Å². The topological polar surface area (TPSA) is 88.2 Å². The molecule has 2 aliphatic rings. The van der Waals surface area contributed by atoms with Gasteiger partial charge in [0.25, 0.3) is 5.91 Å². The number of imide groups is 1. The Hall–Kier alpha value is -3.26. The number of hydrogen-bond donors (Lipinski definition) is 1. The molecule has 168 valence electrons. The fourth-order valence-corrected chi connectivity index (χ4v) is 4.16. The molecule has 1 N–H and O–H groups in total. The van der Waals surface area contributed by atoms with Gasteiger partial charge in [-0.2, -0.15) is 0 Å². The lowest BCUT2D eigenvalue weighted by Gasteiger charge is -2.30. The summed E-state index contributed by atoms with van der Waals surface area (Å²) < 4.78 is 10.7. The van der Waals surface area contributed by atoms with Crippen molar-refractivity contribution >= 4 is 29.4 Å². The second-order valence-electron chi connectivity index (χ2n) is 7.80. The second-order valence-corrected chi connectivity index (χ2v) is 8.23. The number of methoxy groups -OCH3 is 2. The van der Waals surface area contributed by atoms with E-state index in [4.69, 9.17) is 21.1 Å². The minimum absolute atomic E-state index is 0.0791. The zero-order chi connectivity index (χ0) is 22.8. The predicted molar refractivity (Wildman–Crippen MR) is 118 cm³/mol. The Balaban J connectivity index is 1.40. The van der Waals surface area contributed by atoms with E-state index < -0.39 is 18.0 Å². The van der Waals surface area contributed by atoms with Crippen molar-refractivity contribution in [3.8, 4) is 11.5 Å².